The van der Waals surface area contributed by atoms with Gasteiger partial charge in [-0.1, -0.05) is 17.7 Å². The maximum atomic E-state index is 13.9. The predicted octanol–water partition coefficient (Wildman–Crippen LogP) is 4.31. The third kappa shape index (κ3) is 5.09. The Bertz CT molecular complexity index is 1360. The van der Waals surface area contributed by atoms with Crippen LogP contribution in [0, 0.1) is 18.6 Å². The average Bonchev–Trinajstić information content (AvgIpc) is 2.80. The van der Waals surface area contributed by atoms with Gasteiger partial charge in [0.05, 0.1) is 0 Å². The molecule has 0 spiro atoms. The number of hydrogen-bond acceptors (Lipinski definition) is 4. The van der Waals surface area contributed by atoms with E-state index in [-0.39, 0.29) is 28.8 Å². The Morgan fingerprint density at radius 3 is 2.57 bits per heavy atom. The van der Waals surface area contributed by atoms with E-state index in [0.717, 1.165) is 23.3 Å². The molecule has 4 rings (SSSR count). The van der Waals surface area contributed by atoms with Gasteiger partial charge < -0.3 is 14.7 Å². The van der Waals surface area contributed by atoms with Crippen LogP contribution in [-0.2, 0) is 24.4 Å². The lowest BCUT2D eigenvalue weighted by Gasteiger charge is -2.33. The first-order chi connectivity index (χ1) is 16.5. The quantitative estimate of drug-likeness (QED) is 0.564. The summed E-state index contributed by atoms with van der Waals surface area (Å²) in [6, 6.07) is 10.3. The van der Waals surface area contributed by atoms with Gasteiger partial charge in [-0.25, -0.2) is 8.78 Å². The summed E-state index contributed by atoms with van der Waals surface area (Å²) in [4.78, 5) is 27.3. The zero-order valence-electron chi connectivity index (χ0n) is 19.6. The summed E-state index contributed by atoms with van der Waals surface area (Å²) < 4.78 is 34.1. The van der Waals surface area contributed by atoms with Gasteiger partial charge in [0.15, 0.2) is 0 Å². The molecule has 0 atom stereocenters. The number of hydrogen-bond donors (Lipinski definition) is 1. The van der Waals surface area contributed by atoms with Gasteiger partial charge in [-0.2, -0.15) is 0 Å². The molecule has 2 heterocycles. The van der Waals surface area contributed by atoms with Gasteiger partial charge >= 0.3 is 0 Å². The molecule has 0 saturated carbocycles. The highest BCUT2D eigenvalue weighted by molar-refractivity contribution is 6.31. The van der Waals surface area contributed by atoms with Crippen molar-refractivity contribution in [3.05, 3.63) is 91.9 Å². The number of aryl methyl sites for hydroxylation is 1. The first-order valence-electron chi connectivity index (χ1n) is 11.1. The fraction of sp³-hybridized carbons (Fsp3) is 0.308. The minimum Gasteiger partial charge on any atom is -0.487 e. The Morgan fingerprint density at radius 2 is 1.89 bits per heavy atom. The Kier molecular flexibility index (Phi) is 6.71. The molecule has 9 heteroatoms. The van der Waals surface area contributed by atoms with E-state index < -0.39 is 22.8 Å². The van der Waals surface area contributed by atoms with E-state index in [9.17, 15) is 23.5 Å². The molecule has 1 aromatic heterocycles. The Balaban J connectivity index is 1.62. The van der Waals surface area contributed by atoms with Crippen molar-refractivity contribution in [2.75, 3.05) is 6.54 Å². The highest BCUT2D eigenvalue weighted by Gasteiger charge is 2.31. The van der Waals surface area contributed by atoms with Gasteiger partial charge in [0.1, 0.15) is 34.6 Å². The number of amides is 1. The minimum absolute atomic E-state index is 0.0917. The van der Waals surface area contributed by atoms with Gasteiger partial charge in [0.2, 0.25) is 0 Å². The molecule has 0 unspecified atom stereocenters. The van der Waals surface area contributed by atoms with Crippen molar-refractivity contribution in [2.45, 2.75) is 45.9 Å². The topological polar surface area (TPSA) is 71.8 Å². The third-order valence-corrected chi connectivity index (χ3v) is 6.32. The first kappa shape index (κ1) is 24.9. The van der Waals surface area contributed by atoms with Crippen LogP contribution in [0.4, 0.5) is 8.78 Å². The Morgan fingerprint density at radius 1 is 1.14 bits per heavy atom. The van der Waals surface area contributed by atoms with Crippen molar-refractivity contribution in [1.29, 1.82) is 0 Å². The zero-order valence-corrected chi connectivity index (χ0v) is 20.3. The van der Waals surface area contributed by atoms with E-state index in [2.05, 4.69) is 0 Å². The second-order valence-corrected chi connectivity index (χ2v) is 9.50. The van der Waals surface area contributed by atoms with Crippen LogP contribution in [0.3, 0.4) is 0 Å². The Labute approximate surface area is 206 Å². The summed E-state index contributed by atoms with van der Waals surface area (Å²) in [5, 5.41) is 9.92. The van der Waals surface area contributed by atoms with Crippen molar-refractivity contribution in [3.63, 3.8) is 0 Å². The van der Waals surface area contributed by atoms with Crippen molar-refractivity contribution in [2.24, 2.45) is 0 Å². The molecule has 1 aliphatic heterocycles. The van der Waals surface area contributed by atoms with E-state index in [1.165, 1.54) is 24.5 Å². The zero-order chi connectivity index (χ0) is 25.5. The van der Waals surface area contributed by atoms with Crippen LogP contribution in [0.1, 0.15) is 36.2 Å². The van der Waals surface area contributed by atoms with Crippen molar-refractivity contribution in [1.82, 2.24) is 9.47 Å². The standard InChI is InChI=1S/C26H25ClF2N2O4/c1-15-10-22(35-14-17-4-6-19(28)12-21(17)29)23(27)24(32)31(15)20-7-5-16-8-9-30(13-18(16)11-20)25(33)26(2,3)34/h4-7,10-12,34H,8-9,13-14H2,1-3H3. The molecule has 0 aliphatic carbocycles. The van der Waals surface area contributed by atoms with E-state index in [1.54, 1.807) is 17.9 Å². The first-order valence-corrected chi connectivity index (χ1v) is 11.5. The number of rotatable bonds is 5. The molecule has 0 bridgehead atoms. The Hall–Kier alpha value is -3.23. The van der Waals surface area contributed by atoms with Gasteiger partial charge in [-0.05, 0) is 62.6 Å². The monoisotopic (exact) mass is 502 g/mol. The van der Waals surface area contributed by atoms with Crippen LogP contribution in [0.5, 0.6) is 5.75 Å². The number of ether oxygens (including phenoxy) is 1. The van der Waals surface area contributed by atoms with Crippen LogP contribution in [0.15, 0.2) is 47.3 Å². The molecular weight excluding hydrogens is 478 g/mol. The number of carbonyl (C=O) groups excluding carboxylic acids is 1. The van der Waals surface area contributed by atoms with Crippen molar-refractivity contribution >= 4 is 17.5 Å². The third-order valence-electron chi connectivity index (χ3n) is 5.97. The average molecular weight is 503 g/mol. The fourth-order valence-corrected chi connectivity index (χ4v) is 4.34. The van der Waals surface area contributed by atoms with Crippen LogP contribution >= 0.6 is 11.6 Å². The van der Waals surface area contributed by atoms with E-state index in [4.69, 9.17) is 16.3 Å². The van der Waals surface area contributed by atoms with Crippen LogP contribution in [-0.4, -0.2) is 32.6 Å². The van der Waals surface area contributed by atoms with E-state index in [0.29, 0.717) is 30.9 Å². The highest BCUT2D eigenvalue weighted by atomic mass is 35.5. The minimum atomic E-state index is -1.47. The number of pyridine rings is 1. The molecule has 35 heavy (non-hydrogen) atoms. The molecule has 2 aromatic carbocycles. The molecule has 0 radical (unpaired) electrons. The van der Waals surface area contributed by atoms with E-state index >= 15 is 0 Å². The van der Waals surface area contributed by atoms with Crippen LogP contribution in [0.2, 0.25) is 5.02 Å². The van der Waals surface area contributed by atoms with Gasteiger partial charge in [0, 0.05) is 42.2 Å². The molecule has 1 amide bonds. The summed E-state index contributed by atoms with van der Waals surface area (Å²) in [6.45, 7) is 5.23. The van der Waals surface area contributed by atoms with Crippen LogP contribution < -0.4 is 10.3 Å². The van der Waals surface area contributed by atoms with E-state index in [1.807, 2.05) is 18.2 Å². The number of aromatic nitrogens is 1. The molecule has 0 fully saturated rings. The molecule has 6 nitrogen and oxygen atoms in total. The SMILES string of the molecule is Cc1cc(OCc2ccc(F)cc2F)c(Cl)c(=O)n1-c1ccc2c(c1)CN(C(=O)C(C)(C)O)CC2. The molecular formula is C26H25ClF2N2O4. The molecule has 3 aromatic rings. The maximum absolute atomic E-state index is 13.9. The maximum Gasteiger partial charge on any atom is 0.277 e. The second-order valence-electron chi connectivity index (χ2n) is 9.12. The summed E-state index contributed by atoms with van der Waals surface area (Å²) in [5.41, 5.74) is 1.19. The molecule has 1 N–H and O–H groups in total. The van der Waals surface area contributed by atoms with Gasteiger partial charge in [0.25, 0.3) is 11.5 Å². The lowest BCUT2D eigenvalue weighted by molar-refractivity contribution is -0.148. The largest absolute Gasteiger partial charge is 0.487 e. The normalized spacial score (nSPS) is 13.5. The number of halogens is 3. The number of carbonyl (C=O) groups is 1. The molecule has 1 aliphatic rings. The lowest BCUT2D eigenvalue weighted by Crippen LogP contribution is -2.47. The fourth-order valence-electron chi connectivity index (χ4n) is 4.14. The van der Waals surface area contributed by atoms with Crippen molar-refractivity contribution < 1.29 is 23.4 Å². The smallest absolute Gasteiger partial charge is 0.277 e. The predicted molar refractivity (Wildman–Crippen MR) is 128 cm³/mol. The summed E-state index contributed by atoms with van der Waals surface area (Å²) in [5.74, 6) is -1.71. The number of fused-ring (bicyclic) bond motifs is 1. The summed E-state index contributed by atoms with van der Waals surface area (Å²) >= 11 is 6.32. The highest BCUT2D eigenvalue weighted by Crippen LogP contribution is 2.27. The van der Waals surface area contributed by atoms with Gasteiger partial charge in [-0.3, -0.25) is 14.2 Å². The number of aliphatic hydroxyl groups is 1. The summed E-state index contributed by atoms with van der Waals surface area (Å²) in [7, 11) is 0. The van der Waals surface area contributed by atoms with Gasteiger partial charge in [-0.15, -0.1) is 0 Å². The summed E-state index contributed by atoms with van der Waals surface area (Å²) in [6.07, 6.45) is 0.638. The second kappa shape index (κ2) is 9.43. The van der Waals surface area contributed by atoms with Crippen molar-refractivity contribution in [3.8, 4) is 11.4 Å². The van der Waals surface area contributed by atoms with Crippen LogP contribution in [0.25, 0.3) is 5.69 Å². The molecule has 184 valence electrons. The lowest BCUT2D eigenvalue weighted by atomic mass is 9.97. The number of benzene rings is 2. The molecule has 0 saturated heterocycles. The number of nitrogens with zero attached hydrogens (tertiary/aromatic N) is 2.